The summed E-state index contributed by atoms with van der Waals surface area (Å²) < 4.78 is 1.24. The molecule has 0 bridgehead atoms. The highest BCUT2D eigenvalue weighted by Gasteiger charge is 2.06. The maximum Gasteiger partial charge on any atom is 0.349 e. The van der Waals surface area contributed by atoms with Crippen molar-refractivity contribution in [2.45, 2.75) is 0 Å². The predicted molar refractivity (Wildman–Crippen MR) is 53.6 cm³/mol. The fraction of sp³-hybridized carbons (Fsp3) is 0. The molecule has 0 spiro atoms. The van der Waals surface area contributed by atoms with Crippen LogP contribution in [0.1, 0.15) is 0 Å². The van der Waals surface area contributed by atoms with Gasteiger partial charge in [0.05, 0.1) is 5.69 Å². The monoisotopic (exact) mass is 210 g/mol. The number of aromatic amines is 1. The second-order valence-corrected chi connectivity index (χ2v) is 3.14. The number of benzene rings is 1. The minimum absolute atomic E-state index is 0.109. The number of halogens is 1. The number of nitrogens with one attached hydrogen (secondary N) is 1. The molecule has 6 heteroatoms. The number of nitrogens with zero attached hydrogens (tertiary/aromatic N) is 2. The minimum Gasteiger partial charge on any atom is -0.368 e. The predicted octanol–water partition coefficient (Wildman–Crippen LogP) is 0.796. The molecule has 0 radical (unpaired) electrons. The zero-order valence-corrected chi connectivity index (χ0v) is 7.82. The van der Waals surface area contributed by atoms with Crippen molar-refractivity contribution in [1.29, 1.82) is 0 Å². The van der Waals surface area contributed by atoms with E-state index in [1.165, 1.54) is 4.57 Å². The van der Waals surface area contributed by atoms with Gasteiger partial charge in [-0.15, -0.1) is 5.10 Å². The van der Waals surface area contributed by atoms with Crippen LogP contribution >= 0.6 is 11.6 Å². The third kappa shape index (κ3) is 1.38. The molecule has 3 N–H and O–H groups in total. The van der Waals surface area contributed by atoms with Crippen molar-refractivity contribution >= 4 is 17.5 Å². The van der Waals surface area contributed by atoms with Crippen molar-refractivity contribution in [2.75, 3.05) is 5.73 Å². The molecular formula is C8H7ClN4O. The van der Waals surface area contributed by atoms with Crippen LogP contribution in [0.2, 0.25) is 5.02 Å². The molecule has 1 aromatic heterocycles. The summed E-state index contributed by atoms with van der Waals surface area (Å²) in [4.78, 5) is 11.3. The van der Waals surface area contributed by atoms with Crippen molar-refractivity contribution in [2.24, 2.45) is 0 Å². The van der Waals surface area contributed by atoms with Crippen LogP contribution < -0.4 is 11.4 Å². The molecule has 0 fully saturated rings. The Morgan fingerprint density at radius 3 is 2.86 bits per heavy atom. The number of nitrogen functional groups attached to an aromatic ring is 1. The summed E-state index contributed by atoms with van der Waals surface area (Å²) in [6, 6.07) is 6.80. The Bertz CT molecular complexity index is 516. The van der Waals surface area contributed by atoms with Crippen LogP contribution in [0.4, 0.5) is 5.95 Å². The standard InChI is InChI=1S/C8H7ClN4O/c9-5-2-1-3-6(4-5)13-7(10)11-12-8(13)14/h1-4H,(H2,10,11)(H,12,14). The number of hydrogen-bond acceptors (Lipinski definition) is 3. The number of aromatic nitrogens is 3. The minimum atomic E-state index is -0.384. The molecule has 0 amide bonds. The Balaban J connectivity index is 2.66. The van der Waals surface area contributed by atoms with Crippen LogP contribution in [0.15, 0.2) is 29.1 Å². The number of hydrogen-bond donors (Lipinski definition) is 2. The summed E-state index contributed by atoms with van der Waals surface area (Å²) in [6.45, 7) is 0. The quantitative estimate of drug-likeness (QED) is 0.731. The summed E-state index contributed by atoms with van der Waals surface area (Å²) in [5.74, 6) is 0.109. The van der Waals surface area contributed by atoms with Crippen molar-refractivity contribution in [3.05, 3.63) is 39.8 Å². The number of rotatable bonds is 1. The Morgan fingerprint density at radius 2 is 2.29 bits per heavy atom. The van der Waals surface area contributed by atoms with Gasteiger partial charge in [0, 0.05) is 5.02 Å². The van der Waals surface area contributed by atoms with Crippen LogP contribution in [-0.2, 0) is 0 Å². The van der Waals surface area contributed by atoms with E-state index in [1.807, 2.05) is 0 Å². The first-order valence-electron chi connectivity index (χ1n) is 3.87. The van der Waals surface area contributed by atoms with Crippen molar-refractivity contribution in [3.8, 4) is 5.69 Å². The number of H-pyrrole nitrogens is 1. The van der Waals surface area contributed by atoms with E-state index in [2.05, 4.69) is 10.2 Å². The van der Waals surface area contributed by atoms with E-state index in [0.717, 1.165) is 0 Å². The smallest absolute Gasteiger partial charge is 0.349 e. The lowest BCUT2D eigenvalue weighted by molar-refractivity contribution is 0.987. The Labute approximate surface area is 84.1 Å². The first kappa shape index (κ1) is 8.83. The van der Waals surface area contributed by atoms with Gasteiger partial charge in [-0.1, -0.05) is 17.7 Å². The maximum atomic E-state index is 11.3. The van der Waals surface area contributed by atoms with E-state index in [4.69, 9.17) is 17.3 Å². The van der Waals surface area contributed by atoms with Gasteiger partial charge in [-0.05, 0) is 18.2 Å². The van der Waals surface area contributed by atoms with Crippen LogP contribution in [0.3, 0.4) is 0 Å². The maximum absolute atomic E-state index is 11.3. The molecule has 0 unspecified atom stereocenters. The summed E-state index contributed by atoms with van der Waals surface area (Å²) >= 11 is 5.78. The zero-order chi connectivity index (χ0) is 10.1. The average molecular weight is 211 g/mol. The summed E-state index contributed by atoms with van der Waals surface area (Å²) in [5.41, 5.74) is 5.71. The molecular weight excluding hydrogens is 204 g/mol. The van der Waals surface area contributed by atoms with E-state index in [0.29, 0.717) is 10.7 Å². The lowest BCUT2D eigenvalue weighted by atomic mass is 10.3. The van der Waals surface area contributed by atoms with Gasteiger partial charge in [0.1, 0.15) is 0 Å². The highest BCUT2D eigenvalue weighted by Crippen LogP contribution is 2.14. The average Bonchev–Trinajstić information content (AvgIpc) is 2.46. The van der Waals surface area contributed by atoms with Gasteiger partial charge in [0.15, 0.2) is 0 Å². The largest absolute Gasteiger partial charge is 0.368 e. The van der Waals surface area contributed by atoms with Gasteiger partial charge in [-0.3, -0.25) is 0 Å². The Hall–Kier alpha value is -1.75. The van der Waals surface area contributed by atoms with Crippen LogP contribution in [0, 0.1) is 0 Å². The third-order valence-electron chi connectivity index (χ3n) is 1.76. The summed E-state index contributed by atoms with van der Waals surface area (Å²) in [5, 5.41) is 6.36. The molecule has 5 nitrogen and oxygen atoms in total. The van der Waals surface area contributed by atoms with Crippen LogP contribution in [0.25, 0.3) is 5.69 Å². The van der Waals surface area contributed by atoms with E-state index in [-0.39, 0.29) is 11.6 Å². The fourth-order valence-electron chi connectivity index (χ4n) is 1.17. The fourth-order valence-corrected chi connectivity index (χ4v) is 1.36. The molecule has 72 valence electrons. The molecule has 1 heterocycles. The van der Waals surface area contributed by atoms with Gasteiger partial charge in [-0.2, -0.15) is 0 Å². The van der Waals surface area contributed by atoms with Gasteiger partial charge in [0.2, 0.25) is 5.95 Å². The van der Waals surface area contributed by atoms with Gasteiger partial charge < -0.3 is 5.73 Å². The molecule has 0 atom stereocenters. The SMILES string of the molecule is Nc1n[nH]c(=O)n1-c1cccc(Cl)c1. The lowest BCUT2D eigenvalue weighted by Gasteiger charge is -2.01. The summed E-state index contributed by atoms with van der Waals surface area (Å²) in [7, 11) is 0. The molecule has 0 saturated carbocycles. The second-order valence-electron chi connectivity index (χ2n) is 2.70. The second kappa shape index (κ2) is 3.19. The lowest BCUT2D eigenvalue weighted by Crippen LogP contribution is -2.16. The van der Waals surface area contributed by atoms with Gasteiger partial charge in [-0.25, -0.2) is 14.5 Å². The van der Waals surface area contributed by atoms with Crippen molar-refractivity contribution < 1.29 is 0 Å². The van der Waals surface area contributed by atoms with E-state index >= 15 is 0 Å². The highest BCUT2D eigenvalue weighted by atomic mass is 35.5. The van der Waals surface area contributed by atoms with Crippen LogP contribution in [-0.4, -0.2) is 14.8 Å². The first-order chi connectivity index (χ1) is 6.68. The molecule has 2 aromatic rings. The highest BCUT2D eigenvalue weighted by molar-refractivity contribution is 6.30. The first-order valence-corrected chi connectivity index (χ1v) is 4.25. The van der Waals surface area contributed by atoms with Gasteiger partial charge in [0.25, 0.3) is 0 Å². The number of nitrogens with two attached hydrogens (primary N) is 1. The molecule has 14 heavy (non-hydrogen) atoms. The van der Waals surface area contributed by atoms with E-state index < -0.39 is 0 Å². The summed E-state index contributed by atoms with van der Waals surface area (Å²) in [6.07, 6.45) is 0. The normalized spacial score (nSPS) is 10.4. The third-order valence-corrected chi connectivity index (χ3v) is 2.00. The van der Waals surface area contributed by atoms with Gasteiger partial charge >= 0.3 is 5.69 Å². The molecule has 0 saturated heterocycles. The Kier molecular flexibility index (Phi) is 2.01. The van der Waals surface area contributed by atoms with E-state index in [1.54, 1.807) is 24.3 Å². The molecule has 2 rings (SSSR count). The topological polar surface area (TPSA) is 76.7 Å². The van der Waals surface area contributed by atoms with E-state index in [9.17, 15) is 4.79 Å². The Morgan fingerprint density at radius 1 is 1.50 bits per heavy atom. The molecule has 0 aliphatic heterocycles. The number of anilines is 1. The molecule has 0 aliphatic rings. The van der Waals surface area contributed by atoms with Crippen molar-refractivity contribution in [3.63, 3.8) is 0 Å². The molecule has 1 aromatic carbocycles. The van der Waals surface area contributed by atoms with Crippen molar-refractivity contribution in [1.82, 2.24) is 14.8 Å². The zero-order valence-electron chi connectivity index (χ0n) is 7.07. The van der Waals surface area contributed by atoms with Crippen LogP contribution in [0.5, 0.6) is 0 Å². The molecule has 0 aliphatic carbocycles.